The summed E-state index contributed by atoms with van der Waals surface area (Å²) in [7, 11) is -1.12. The lowest BCUT2D eigenvalue weighted by Gasteiger charge is -2.20. The molecule has 0 unspecified atom stereocenters. The average molecular weight is 263 g/mol. The van der Waals surface area contributed by atoms with Crippen LogP contribution >= 0.6 is 0 Å². The lowest BCUT2D eigenvalue weighted by molar-refractivity contribution is -0.0228. The van der Waals surface area contributed by atoms with Crippen molar-refractivity contribution in [1.82, 2.24) is 0 Å². The van der Waals surface area contributed by atoms with Gasteiger partial charge in [0.05, 0.1) is 31.0 Å². The molecule has 0 aromatic carbocycles. The second-order valence-electron chi connectivity index (χ2n) is 6.10. The maximum atomic E-state index is 9.74. The van der Waals surface area contributed by atoms with Gasteiger partial charge in [0, 0.05) is 20.6 Å². The van der Waals surface area contributed by atoms with Crippen LogP contribution in [0.2, 0.25) is 25.7 Å². The molecule has 0 radical (unpaired) electrons. The highest BCUT2D eigenvalue weighted by Gasteiger charge is 2.46. The van der Waals surface area contributed by atoms with E-state index in [1.807, 2.05) is 0 Å². The smallest absolute Gasteiger partial charge is 0.0979 e. The topological polar surface area (TPSA) is 95.9 Å². The number of ether oxygens (including phenoxy) is 1. The summed E-state index contributed by atoms with van der Waals surface area (Å²) in [5.74, 6) is -0.485. The quantitative estimate of drug-likeness (QED) is 0.392. The summed E-state index contributed by atoms with van der Waals surface area (Å²) < 4.78 is 5.48. The zero-order chi connectivity index (χ0) is 13.2. The van der Waals surface area contributed by atoms with E-state index in [0.29, 0.717) is 6.61 Å². The van der Waals surface area contributed by atoms with Crippen LogP contribution in [0.4, 0.5) is 0 Å². The fourth-order valence-electron chi connectivity index (χ4n) is 1.97. The van der Waals surface area contributed by atoms with Gasteiger partial charge in [-0.15, -0.1) is 0 Å². The molecule has 0 aromatic rings. The molecule has 0 bridgehead atoms. The SMILES string of the molecule is C[Si](C)(C)CCOC[C@H]1[C@H](O)[C@H](N)[C@@H](O)[C@@H]1O. The molecule has 1 saturated carbocycles. The van der Waals surface area contributed by atoms with E-state index in [4.69, 9.17) is 10.5 Å². The van der Waals surface area contributed by atoms with Crippen LogP contribution in [0.15, 0.2) is 0 Å². The largest absolute Gasteiger partial charge is 0.391 e. The van der Waals surface area contributed by atoms with Crippen molar-refractivity contribution in [1.29, 1.82) is 0 Å². The van der Waals surface area contributed by atoms with Crippen molar-refractivity contribution < 1.29 is 20.1 Å². The van der Waals surface area contributed by atoms with Crippen LogP contribution in [-0.2, 0) is 4.74 Å². The van der Waals surface area contributed by atoms with Crippen LogP contribution in [0.3, 0.4) is 0 Å². The number of aliphatic hydroxyl groups is 3. The van der Waals surface area contributed by atoms with E-state index < -0.39 is 38.3 Å². The molecular formula is C11H25NO4Si. The molecule has 0 aromatic heterocycles. The molecule has 1 fully saturated rings. The molecule has 0 saturated heterocycles. The summed E-state index contributed by atoms with van der Waals surface area (Å²) in [5, 5.41) is 28.9. The van der Waals surface area contributed by atoms with Crippen molar-refractivity contribution in [3.05, 3.63) is 0 Å². The van der Waals surface area contributed by atoms with Crippen LogP contribution in [0, 0.1) is 5.92 Å². The van der Waals surface area contributed by atoms with Gasteiger partial charge in [0.1, 0.15) is 0 Å². The fraction of sp³-hybridized carbons (Fsp3) is 1.00. The average Bonchev–Trinajstić information content (AvgIpc) is 2.39. The summed E-state index contributed by atoms with van der Waals surface area (Å²) in [6.07, 6.45) is -2.95. The third-order valence-electron chi connectivity index (χ3n) is 3.32. The number of rotatable bonds is 5. The molecule has 1 rings (SSSR count). The number of nitrogens with two attached hydrogens (primary N) is 1. The van der Waals surface area contributed by atoms with Crippen molar-refractivity contribution in [2.24, 2.45) is 11.7 Å². The third kappa shape index (κ3) is 4.01. The Bertz CT molecular complexity index is 232. The summed E-state index contributed by atoms with van der Waals surface area (Å²) in [6, 6.07) is 0.260. The lowest BCUT2D eigenvalue weighted by Crippen LogP contribution is -2.40. The Morgan fingerprint density at radius 1 is 1.06 bits per heavy atom. The Hall–Kier alpha value is 0.0169. The van der Waals surface area contributed by atoms with Gasteiger partial charge in [0.25, 0.3) is 0 Å². The monoisotopic (exact) mass is 263 g/mol. The molecule has 0 heterocycles. The molecule has 1 aliphatic rings. The summed E-state index contributed by atoms with van der Waals surface area (Å²) in [5.41, 5.74) is 5.57. The van der Waals surface area contributed by atoms with E-state index in [0.717, 1.165) is 6.04 Å². The van der Waals surface area contributed by atoms with Gasteiger partial charge >= 0.3 is 0 Å². The minimum atomic E-state index is -1.12. The summed E-state index contributed by atoms with van der Waals surface area (Å²) >= 11 is 0. The van der Waals surface area contributed by atoms with Crippen molar-refractivity contribution in [2.75, 3.05) is 13.2 Å². The minimum absolute atomic E-state index is 0.248. The second-order valence-corrected chi connectivity index (χ2v) is 11.7. The predicted octanol–water partition coefficient (Wildman–Crippen LogP) is -0.619. The van der Waals surface area contributed by atoms with E-state index in [1.54, 1.807) is 0 Å². The lowest BCUT2D eigenvalue weighted by atomic mass is 10.0. The van der Waals surface area contributed by atoms with Crippen LogP contribution in [0.5, 0.6) is 0 Å². The molecule has 1 aliphatic carbocycles. The number of aliphatic hydroxyl groups excluding tert-OH is 3. The number of hydrogen-bond acceptors (Lipinski definition) is 5. The maximum Gasteiger partial charge on any atom is 0.0979 e. The second kappa shape index (κ2) is 5.77. The maximum absolute atomic E-state index is 9.74. The molecule has 5 atom stereocenters. The van der Waals surface area contributed by atoms with Gasteiger partial charge in [-0.3, -0.25) is 0 Å². The van der Waals surface area contributed by atoms with E-state index in [-0.39, 0.29) is 6.61 Å². The molecule has 0 amide bonds. The van der Waals surface area contributed by atoms with E-state index in [1.165, 1.54) is 0 Å². The van der Waals surface area contributed by atoms with Crippen molar-refractivity contribution in [2.45, 2.75) is 50.0 Å². The van der Waals surface area contributed by atoms with Crippen molar-refractivity contribution in [3.63, 3.8) is 0 Å². The Balaban J connectivity index is 2.32. The van der Waals surface area contributed by atoms with E-state index >= 15 is 0 Å². The first-order chi connectivity index (χ1) is 7.74. The van der Waals surface area contributed by atoms with Crippen LogP contribution < -0.4 is 5.73 Å². The van der Waals surface area contributed by atoms with Crippen LogP contribution in [0.25, 0.3) is 0 Å². The van der Waals surface area contributed by atoms with Gasteiger partial charge in [-0.1, -0.05) is 19.6 Å². The van der Waals surface area contributed by atoms with E-state index in [9.17, 15) is 15.3 Å². The molecular weight excluding hydrogens is 238 g/mol. The fourth-order valence-corrected chi connectivity index (χ4v) is 2.72. The van der Waals surface area contributed by atoms with Crippen LogP contribution in [-0.4, -0.2) is 61.0 Å². The Morgan fingerprint density at radius 3 is 2.06 bits per heavy atom. The van der Waals surface area contributed by atoms with Gasteiger partial charge in [-0.25, -0.2) is 0 Å². The first-order valence-corrected chi connectivity index (χ1v) is 9.82. The van der Waals surface area contributed by atoms with Gasteiger partial charge < -0.3 is 25.8 Å². The van der Waals surface area contributed by atoms with Gasteiger partial charge in [0.15, 0.2) is 0 Å². The molecule has 5 N–H and O–H groups in total. The standard InChI is InChI=1S/C11H25NO4Si/c1-17(2,3)5-4-16-6-7-9(13)8(12)11(15)10(7)14/h7-11,13-15H,4-6,12H2,1-3H3/t7-,8-,9-,10+,11+/m0/s1. The van der Waals surface area contributed by atoms with Gasteiger partial charge in [-0.2, -0.15) is 0 Å². The Labute approximate surface area is 104 Å². The first-order valence-electron chi connectivity index (χ1n) is 6.11. The van der Waals surface area contributed by atoms with Crippen molar-refractivity contribution in [3.8, 4) is 0 Å². The highest BCUT2D eigenvalue weighted by atomic mass is 28.3. The predicted molar refractivity (Wildman–Crippen MR) is 68.5 cm³/mol. The molecule has 0 spiro atoms. The third-order valence-corrected chi connectivity index (χ3v) is 5.03. The summed E-state index contributed by atoms with van der Waals surface area (Å²) in [6.45, 7) is 7.66. The van der Waals surface area contributed by atoms with Crippen LogP contribution in [0.1, 0.15) is 0 Å². The van der Waals surface area contributed by atoms with Gasteiger partial charge in [-0.05, 0) is 6.04 Å². The first kappa shape index (κ1) is 15.1. The minimum Gasteiger partial charge on any atom is -0.391 e. The normalized spacial score (nSPS) is 38.6. The molecule has 6 heteroatoms. The van der Waals surface area contributed by atoms with E-state index in [2.05, 4.69) is 19.6 Å². The molecule has 0 aliphatic heterocycles. The molecule has 17 heavy (non-hydrogen) atoms. The molecule has 102 valence electrons. The van der Waals surface area contributed by atoms with Gasteiger partial charge in [0.2, 0.25) is 0 Å². The zero-order valence-electron chi connectivity index (χ0n) is 10.8. The Morgan fingerprint density at radius 2 is 1.65 bits per heavy atom. The highest BCUT2D eigenvalue weighted by molar-refractivity contribution is 6.76. The van der Waals surface area contributed by atoms with Crippen molar-refractivity contribution >= 4 is 8.07 Å². The summed E-state index contributed by atoms with van der Waals surface area (Å²) in [4.78, 5) is 0. The Kier molecular flexibility index (Phi) is 5.12. The highest BCUT2D eigenvalue weighted by Crippen LogP contribution is 2.26. The number of hydrogen-bond donors (Lipinski definition) is 4. The molecule has 5 nitrogen and oxygen atoms in total. The zero-order valence-corrected chi connectivity index (χ0v) is 11.8.